The number of hydrogen-bond acceptors (Lipinski definition) is 3. The molecule has 0 aliphatic carbocycles. The number of carbonyl (C=O) groups excluding carboxylic acids is 2. The molecule has 1 N–H and O–H groups in total. The molecule has 26 heavy (non-hydrogen) atoms. The van der Waals surface area contributed by atoms with Crippen molar-refractivity contribution >= 4 is 28.4 Å². The van der Waals surface area contributed by atoms with Crippen LogP contribution in [-0.2, 0) is 11.2 Å². The van der Waals surface area contributed by atoms with E-state index in [1.54, 1.807) is 18.2 Å². The van der Waals surface area contributed by atoms with Crippen molar-refractivity contribution in [2.75, 3.05) is 4.90 Å². The third kappa shape index (κ3) is 2.68. The Morgan fingerprint density at radius 2 is 1.77 bits per heavy atom. The molecule has 0 spiro atoms. The van der Waals surface area contributed by atoms with Crippen LogP contribution in [0.4, 0.5) is 10.5 Å². The first kappa shape index (κ1) is 15.9. The number of rotatable bonds is 3. The highest BCUT2D eigenvalue weighted by Gasteiger charge is 2.39. The fraction of sp³-hybridized carbons (Fsp3) is 0.0952. The maximum Gasteiger partial charge on any atom is 0.329 e. The van der Waals surface area contributed by atoms with Gasteiger partial charge in [-0.3, -0.25) is 4.79 Å². The van der Waals surface area contributed by atoms with E-state index in [1.807, 2.05) is 48.5 Å². The first-order valence-electron chi connectivity index (χ1n) is 8.28. The van der Waals surface area contributed by atoms with Gasteiger partial charge in [0.15, 0.2) is 0 Å². The molecule has 1 aliphatic heterocycles. The minimum Gasteiger partial charge on any atom is -0.325 e. The van der Waals surface area contributed by atoms with E-state index in [0.717, 1.165) is 21.2 Å². The summed E-state index contributed by atoms with van der Waals surface area (Å²) in [5, 5.41) is 14.0. The van der Waals surface area contributed by atoms with Crippen molar-refractivity contribution < 1.29 is 9.59 Å². The van der Waals surface area contributed by atoms with Gasteiger partial charge in [-0.15, -0.1) is 0 Å². The van der Waals surface area contributed by atoms with Gasteiger partial charge >= 0.3 is 6.03 Å². The van der Waals surface area contributed by atoms with Gasteiger partial charge in [0.25, 0.3) is 5.91 Å². The summed E-state index contributed by atoms with van der Waals surface area (Å²) in [5.41, 5.74) is 1.82. The Labute approximate surface area is 150 Å². The number of amides is 3. The number of imide groups is 1. The van der Waals surface area contributed by atoms with E-state index in [9.17, 15) is 9.59 Å². The quantitative estimate of drug-likeness (QED) is 0.742. The van der Waals surface area contributed by atoms with Crippen LogP contribution in [0.3, 0.4) is 0 Å². The lowest BCUT2D eigenvalue weighted by Gasteiger charge is -2.14. The number of hydrogen-bond donors (Lipinski definition) is 1. The highest BCUT2D eigenvalue weighted by molar-refractivity contribution is 6.21. The van der Waals surface area contributed by atoms with Crippen LogP contribution in [0.25, 0.3) is 10.8 Å². The summed E-state index contributed by atoms with van der Waals surface area (Å²) in [4.78, 5) is 26.3. The first-order valence-corrected chi connectivity index (χ1v) is 8.28. The summed E-state index contributed by atoms with van der Waals surface area (Å²) >= 11 is 0. The average molecular weight is 341 g/mol. The predicted molar refractivity (Wildman–Crippen MR) is 98.6 cm³/mol. The number of nitrogens with one attached hydrogen (secondary N) is 1. The Kier molecular flexibility index (Phi) is 3.86. The van der Waals surface area contributed by atoms with Crippen LogP contribution in [-0.4, -0.2) is 18.0 Å². The van der Waals surface area contributed by atoms with Crippen molar-refractivity contribution in [2.45, 2.75) is 12.5 Å². The molecule has 3 aromatic rings. The van der Waals surface area contributed by atoms with E-state index >= 15 is 0 Å². The second-order valence-corrected chi connectivity index (χ2v) is 6.18. The van der Waals surface area contributed by atoms with E-state index in [4.69, 9.17) is 5.26 Å². The van der Waals surface area contributed by atoms with E-state index in [0.29, 0.717) is 17.7 Å². The third-order valence-corrected chi connectivity index (χ3v) is 4.56. The number of fused-ring (bicyclic) bond motifs is 1. The fourth-order valence-electron chi connectivity index (χ4n) is 3.32. The number of nitrogens with zero attached hydrogens (tertiary/aromatic N) is 2. The van der Waals surface area contributed by atoms with Crippen LogP contribution in [0, 0.1) is 11.3 Å². The number of benzene rings is 3. The van der Waals surface area contributed by atoms with Gasteiger partial charge in [-0.05, 0) is 34.5 Å². The summed E-state index contributed by atoms with van der Waals surface area (Å²) in [6.07, 6.45) is 0.417. The van der Waals surface area contributed by atoms with Gasteiger partial charge in [-0.25, -0.2) is 9.69 Å². The Morgan fingerprint density at radius 3 is 2.62 bits per heavy atom. The Hall–Kier alpha value is -3.65. The minimum atomic E-state index is -0.626. The molecule has 0 bridgehead atoms. The predicted octanol–water partition coefficient (Wildman–Crippen LogP) is 3.38. The normalized spacial score (nSPS) is 16.6. The molecule has 0 saturated carbocycles. The lowest BCUT2D eigenvalue weighted by atomic mass is 9.99. The molecule has 1 saturated heterocycles. The molecular weight excluding hydrogens is 326 g/mol. The van der Waals surface area contributed by atoms with E-state index in [-0.39, 0.29) is 5.91 Å². The molecule has 4 rings (SSSR count). The van der Waals surface area contributed by atoms with Crippen molar-refractivity contribution in [3.05, 3.63) is 77.9 Å². The van der Waals surface area contributed by atoms with Crippen LogP contribution in [0.1, 0.15) is 11.1 Å². The summed E-state index contributed by atoms with van der Waals surface area (Å²) in [6, 6.07) is 21.3. The highest BCUT2D eigenvalue weighted by atomic mass is 16.2. The van der Waals surface area contributed by atoms with Gasteiger partial charge in [-0.1, -0.05) is 48.5 Å². The zero-order valence-corrected chi connectivity index (χ0v) is 13.8. The monoisotopic (exact) mass is 341 g/mol. The summed E-state index contributed by atoms with van der Waals surface area (Å²) in [5.74, 6) is -0.307. The molecule has 1 heterocycles. The molecule has 0 radical (unpaired) electrons. The number of nitriles is 1. The Morgan fingerprint density at radius 1 is 1.00 bits per heavy atom. The van der Waals surface area contributed by atoms with Gasteiger partial charge in [0.05, 0.1) is 17.3 Å². The highest BCUT2D eigenvalue weighted by Crippen LogP contribution is 2.24. The van der Waals surface area contributed by atoms with Crippen LogP contribution in [0.15, 0.2) is 66.7 Å². The van der Waals surface area contributed by atoms with Crippen LogP contribution < -0.4 is 10.2 Å². The van der Waals surface area contributed by atoms with E-state index in [1.165, 1.54) is 6.07 Å². The number of urea groups is 1. The molecular formula is C21H15N3O2. The number of anilines is 1. The zero-order chi connectivity index (χ0) is 18.1. The molecule has 1 fully saturated rings. The lowest BCUT2D eigenvalue weighted by molar-refractivity contribution is -0.118. The zero-order valence-electron chi connectivity index (χ0n) is 13.8. The number of carbonyl (C=O) groups is 2. The molecule has 0 aromatic heterocycles. The van der Waals surface area contributed by atoms with Crippen molar-refractivity contribution in [1.82, 2.24) is 5.32 Å². The molecule has 3 aromatic carbocycles. The molecule has 5 heteroatoms. The minimum absolute atomic E-state index is 0.307. The SMILES string of the molecule is N#Cc1cccc(N2C(=O)N[C@@H](Cc3cccc4ccccc34)C2=O)c1. The Bertz CT molecular complexity index is 1060. The third-order valence-electron chi connectivity index (χ3n) is 4.56. The summed E-state index contributed by atoms with van der Waals surface area (Å²) in [6.45, 7) is 0. The molecule has 5 nitrogen and oxygen atoms in total. The van der Waals surface area contributed by atoms with Crippen LogP contribution >= 0.6 is 0 Å². The smallest absolute Gasteiger partial charge is 0.325 e. The van der Waals surface area contributed by atoms with Gasteiger partial charge in [0, 0.05) is 6.42 Å². The summed E-state index contributed by atoms with van der Waals surface area (Å²) in [7, 11) is 0. The molecule has 1 atom stereocenters. The van der Waals surface area contributed by atoms with Crippen molar-refractivity contribution in [2.24, 2.45) is 0 Å². The Balaban J connectivity index is 1.64. The summed E-state index contributed by atoms with van der Waals surface area (Å²) < 4.78 is 0. The van der Waals surface area contributed by atoms with Gasteiger partial charge < -0.3 is 5.32 Å². The second kappa shape index (κ2) is 6.34. The standard InChI is InChI=1S/C21H15N3O2/c22-13-14-5-3-9-17(11-14)24-20(25)19(23-21(24)26)12-16-8-4-7-15-6-1-2-10-18(15)16/h1-11,19H,12H2,(H,23,26)/t19-/m0/s1. The largest absolute Gasteiger partial charge is 0.329 e. The van der Waals surface area contributed by atoms with Crippen LogP contribution in [0.5, 0.6) is 0 Å². The van der Waals surface area contributed by atoms with Gasteiger partial charge in [-0.2, -0.15) is 5.26 Å². The maximum atomic E-state index is 12.8. The fourth-order valence-corrected chi connectivity index (χ4v) is 3.32. The molecule has 0 unspecified atom stereocenters. The lowest BCUT2D eigenvalue weighted by Crippen LogP contribution is -2.32. The first-order chi connectivity index (χ1) is 12.7. The van der Waals surface area contributed by atoms with Crippen LogP contribution in [0.2, 0.25) is 0 Å². The second-order valence-electron chi connectivity index (χ2n) is 6.18. The average Bonchev–Trinajstić information content (AvgIpc) is 2.95. The van der Waals surface area contributed by atoms with Gasteiger partial charge in [0.1, 0.15) is 6.04 Å². The van der Waals surface area contributed by atoms with E-state index in [2.05, 4.69) is 5.32 Å². The topological polar surface area (TPSA) is 73.2 Å². The van der Waals surface area contributed by atoms with Crippen molar-refractivity contribution in [3.8, 4) is 6.07 Å². The van der Waals surface area contributed by atoms with Gasteiger partial charge in [0.2, 0.25) is 0 Å². The molecule has 1 aliphatic rings. The van der Waals surface area contributed by atoms with E-state index < -0.39 is 12.1 Å². The molecule has 126 valence electrons. The molecule has 3 amide bonds. The van der Waals surface area contributed by atoms with Crippen molar-refractivity contribution in [3.63, 3.8) is 0 Å². The van der Waals surface area contributed by atoms with Crippen molar-refractivity contribution in [1.29, 1.82) is 5.26 Å². The maximum absolute atomic E-state index is 12.8.